The number of amides is 1. The van der Waals surface area contributed by atoms with Gasteiger partial charge in [0.25, 0.3) is 5.91 Å². The van der Waals surface area contributed by atoms with Crippen LogP contribution in [0.5, 0.6) is 0 Å². The fraction of sp³-hybridized carbons (Fsp3) is 0.778. The van der Waals surface area contributed by atoms with E-state index in [0.717, 1.165) is 44.8 Å². The molecule has 138 valence electrons. The lowest BCUT2D eigenvalue weighted by atomic mass is 9.68. The van der Waals surface area contributed by atoms with E-state index in [1.807, 2.05) is 11.8 Å². The van der Waals surface area contributed by atoms with E-state index in [0.29, 0.717) is 24.3 Å². The van der Waals surface area contributed by atoms with Crippen LogP contribution in [0.3, 0.4) is 0 Å². The van der Waals surface area contributed by atoms with Gasteiger partial charge in [0.1, 0.15) is 5.69 Å². The Kier molecular flexibility index (Phi) is 4.33. The number of methoxy groups -OCH3 is 1. The lowest BCUT2D eigenvalue weighted by Gasteiger charge is -2.49. The SMILES string of the molecule is COCC1(CN2CCC3(CC2)Cn2nc(C(N)=O)cc2CO3)CCC1. The highest BCUT2D eigenvalue weighted by Gasteiger charge is 2.43. The normalized spacial score (nSPS) is 24.7. The van der Waals surface area contributed by atoms with Crippen LogP contribution in [-0.4, -0.2) is 59.5 Å². The van der Waals surface area contributed by atoms with Gasteiger partial charge in [0.2, 0.25) is 0 Å². The van der Waals surface area contributed by atoms with Crippen molar-refractivity contribution in [2.45, 2.75) is 50.9 Å². The Morgan fingerprint density at radius 1 is 1.36 bits per heavy atom. The molecule has 4 rings (SSSR count). The molecule has 2 fully saturated rings. The van der Waals surface area contributed by atoms with E-state index >= 15 is 0 Å². The zero-order chi connectivity index (χ0) is 17.5. The Morgan fingerprint density at radius 3 is 2.72 bits per heavy atom. The first-order chi connectivity index (χ1) is 12.0. The van der Waals surface area contributed by atoms with E-state index in [2.05, 4.69) is 10.00 Å². The monoisotopic (exact) mass is 348 g/mol. The number of rotatable bonds is 5. The van der Waals surface area contributed by atoms with Gasteiger partial charge in [-0.15, -0.1) is 0 Å². The van der Waals surface area contributed by atoms with Crippen LogP contribution in [0.1, 0.15) is 48.3 Å². The molecule has 0 radical (unpaired) electrons. The van der Waals surface area contributed by atoms with Crippen molar-refractivity contribution in [2.75, 3.05) is 33.4 Å². The quantitative estimate of drug-likeness (QED) is 0.863. The third-order valence-corrected chi connectivity index (χ3v) is 6.27. The average molecular weight is 348 g/mol. The molecular formula is C18H28N4O3. The van der Waals surface area contributed by atoms with Gasteiger partial charge in [-0.1, -0.05) is 6.42 Å². The first-order valence-electron chi connectivity index (χ1n) is 9.25. The molecule has 25 heavy (non-hydrogen) atoms. The van der Waals surface area contributed by atoms with Gasteiger partial charge in [-0.25, -0.2) is 0 Å². The number of nitrogens with two attached hydrogens (primary N) is 1. The van der Waals surface area contributed by atoms with E-state index in [9.17, 15) is 4.79 Å². The molecule has 7 heteroatoms. The van der Waals surface area contributed by atoms with Gasteiger partial charge in [0, 0.05) is 32.2 Å². The minimum absolute atomic E-state index is 0.154. The summed E-state index contributed by atoms with van der Waals surface area (Å²) in [7, 11) is 1.81. The Balaban J connectivity index is 1.37. The molecule has 0 atom stereocenters. The summed E-state index contributed by atoms with van der Waals surface area (Å²) < 4.78 is 13.6. The van der Waals surface area contributed by atoms with E-state index in [1.54, 1.807) is 6.07 Å². The third-order valence-electron chi connectivity index (χ3n) is 6.27. The fourth-order valence-electron chi connectivity index (χ4n) is 4.60. The average Bonchev–Trinajstić information content (AvgIpc) is 2.98. The Hall–Kier alpha value is -1.44. The molecule has 0 unspecified atom stereocenters. The lowest BCUT2D eigenvalue weighted by Crippen LogP contribution is -2.54. The number of primary amides is 1. The van der Waals surface area contributed by atoms with Crippen LogP contribution in [0.15, 0.2) is 6.07 Å². The van der Waals surface area contributed by atoms with Crippen LogP contribution >= 0.6 is 0 Å². The minimum Gasteiger partial charge on any atom is -0.384 e. The number of carbonyl (C=O) groups excluding carboxylic acids is 1. The number of hydrogen-bond donors (Lipinski definition) is 1. The number of carbonyl (C=O) groups is 1. The second kappa shape index (κ2) is 6.37. The highest BCUT2D eigenvalue weighted by Crippen LogP contribution is 2.43. The standard InChI is InChI=1S/C18H28N4O3/c1-24-13-17(3-2-4-17)11-21-7-5-18(6-8-21)12-22-14(10-25-18)9-15(20-22)16(19)23/h9H,2-8,10-13H2,1H3,(H2,19,23). The molecule has 1 amide bonds. The summed E-state index contributed by atoms with van der Waals surface area (Å²) in [6.07, 6.45) is 5.90. The van der Waals surface area contributed by atoms with Crippen LogP contribution in [0.4, 0.5) is 0 Å². The largest absolute Gasteiger partial charge is 0.384 e. The van der Waals surface area contributed by atoms with E-state index in [-0.39, 0.29) is 5.60 Å². The summed E-state index contributed by atoms with van der Waals surface area (Å²) in [5.41, 5.74) is 6.84. The van der Waals surface area contributed by atoms with Crippen LogP contribution < -0.4 is 5.73 Å². The van der Waals surface area contributed by atoms with Gasteiger partial charge in [0.15, 0.2) is 0 Å². The van der Waals surface area contributed by atoms with E-state index < -0.39 is 5.91 Å². The smallest absolute Gasteiger partial charge is 0.269 e. The first kappa shape index (κ1) is 17.0. The second-order valence-electron chi connectivity index (χ2n) is 8.08. The van der Waals surface area contributed by atoms with Gasteiger partial charge in [-0.2, -0.15) is 5.10 Å². The van der Waals surface area contributed by atoms with Gasteiger partial charge < -0.3 is 20.1 Å². The fourth-order valence-corrected chi connectivity index (χ4v) is 4.60. The molecule has 7 nitrogen and oxygen atoms in total. The van der Waals surface area contributed by atoms with Gasteiger partial charge in [-0.3, -0.25) is 9.48 Å². The minimum atomic E-state index is -0.477. The summed E-state index contributed by atoms with van der Waals surface area (Å²) in [4.78, 5) is 13.9. The molecule has 1 spiro atoms. The van der Waals surface area contributed by atoms with Crippen molar-refractivity contribution in [3.8, 4) is 0 Å². The maximum absolute atomic E-state index is 11.3. The van der Waals surface area contributed by atoms with Crippen molar-refractivity contribution in [3.63, 3.8) is 0 Å². The molecular weight excluding hydrogens is 320 g/mol. The number of ether oxygens (including phenoxy) is 2. The van der Waals surface area contributed by atoms with E-state index in [4.69, 9.17) is 15.2 Å². The van der Waals surface area contributed by atoms with Crippen molar-refractivity contribution < 1.29 is 14.3 Å². The van der Waals surface area contributed by atoms with Gasteiger partial charge in [0.05, 0.1) is 31.1 Å². The Bertz CT molecular complexity index is 645. The molecule has 1 saturated carbocycles. The second-order valence-corrected chi connectivity index (χ2v) is 8.08. The number of nitrogens with zero attached hydrogens (tertiary/aromatic N) is 3. The molecule has 0 aromatic carbocycles. The molecule has 1 aromatic rings. The zero-order valence-electron chi connectivity index (χ0n) is 15.0. The number of fused-ring (bicyclic) bond motifs is 1. The molecule has 2 N–H and O–H groups in total. The molecule has 3 aliphatic rings. The zero-order valence-corrected chi connectivity index (χ0v) is 15.0. The molecule has 1 aliphatic carbocycles. The summed E-state index contributed by atoms with van der Waals surface area (Å²) in [5, 5.41) is 4.36. The predicted octanol–water partition coefficient (Wildman–Crippen LogP) is 1.16. The van der Waals surface area contributed by atoms with Crippen LogP contribution in [0, 0.1) is 5.41 Å². The van der Waals surface area contributed by atoms with Crippen molar-refractivity contribution in [1.82, 2.24) is 14.7 Å². The Labute approximate surface area is 148 Å². The van der Waals surface area contributed by atoms with Gasteiger partial charge >= 0.3 is 0 Å². The van der Waals surface area contributed by atoms with Crippen molar-refractivity contribution in [2.24, 2.45) is 11.1 Å². The van der Waals surface area contributed by atoms with Crippen molar-refractivity contribution in [1.29, 1.82) is 0 Å². The predicted molar refractivity (Wildman–Crippen MR) is 92.1 cm³/mol. The molecule has 0 bridgehead atoms. The molecule has 1 saturated heterocycles. The Morgan fingerprint density at radius 2 is 2.12 bits per heavy atom. The summed E-state index contributed by atoms with van der Waals surface area (Å²) in [5.74, 6) is -0.477. The van der Waals surface area contributed by atoms with Crippen molar-refractivity contribution >= 4 is 5.91 Å². The lowest BCUT2D eigenvalue weighted by molar-refractivity contribution is -0.129. The summed E-state index contributed by atoms with van der Waals surface area (Å²) in [6.45, 7) is 5.32. The number of hydrogen-bond acceptors (Lipinski definition) is 5. The highest BCUT2D eigenvalue weighted by atomic mass is 16.5. The first-order valence-corrected chi connectivity index (χ1v) is 9.25. The topological polar surface area (TPSA) is 82.6 Å². The van der Waals surface area contributed by atoms with Crippen LogP contribution in [0.25, 0.3) is 0 Å². The molecule has 2 aliphatic heterocycles. The summed E-state index contributed by atoms with van der Waals surface area (Å²) in [6, 6.07) is 1.75. The highest BCUT2D eigenvalue weighted by molar-refractivity contribution is 5.90. The maximum Gasteiger partial charge on any atom is 0.269 e. The van der Waals surface area contributed by atoms with Crippen LogP contribution in [-0.2, 0) is 22.6 Å². The van der Waals surface area contributed by atoms with Crippen LogP contribution in [0.2, 0.25) is 0 Å². The van der Waals surface area contributed by atoms with E-state index in [1.165, 1.54) is 19.3 Å². The maximum atomic E-state index is 11.3. The van der Waals surface area contributed by atoms with Gasteiger partial charge in [-0.05, 0) is 31.7 Å². The number of aromatic nitrogens is 2. The number of likely N-dealkylation sites (tertiary alicyclic amines) is 1. The summed E-state index contributed by atoms with van der Waals surface area (Å²) >= 11 is 0. The molecule has 3 heterocycles. The number of piperidine rings is 1. The van der Waals surface area contributed by atoms with Crippen molar-refractivity contribution in [3.05, 3.63) is 17.5 Å². The third kappa shape index (κ3) is 3.20. The molecule has 1 aromatic heterocycles.